The number of nitriles is 1. The quantitative estimate of drug-likeness (QED) is 0.804. The maximum Gasteiger partial charge on any atom is 0.242 e. The zero-order valence-corrected chi connectivity index (χ0v) is 10.8. The van der Waals surface area contributed by atoms with Gasteiger partial charge in [-0.25, -0.2) is 0 Å². The molecule has 0 aromatic carbocycles. The molecule has 0 aliphatic rings. The molecule has 17 heavy (non-hydrogen) atoms. The second-order valence-electron chi connectivity index (χ2n) is 4.47. The molecule has 0 N–H and O–H groups in total. The summed E-state index contributed by atoms with van der Waals surface area (Å²) in [7, 11) is 1.69. The molecule has 92 valence electrons. The largest absolute Gasteiger partial charge is 0.464 e. The highest BCUT2D eigenvalue weighted by atomic mass is 16.3. The first kappa shape index (κ1) is 13.3. The van der Waals surface area contributed by atoms with Gasteiger partial charge in [-0.15, -0.1) is 0 Å². The van der Waals surface area contributed by atoms with Crippen molar-refractivity contribution >= 4 is 5.91 Å². The van der Waals surface area contributed by atoms with E-state index >= 15 is 0 Å². The van der Waals surface area contributed by atoms with Crippen LogP contribution in [0.1, 0.15) is 31.8 Å². The maximum atomic E-state index is 12.1. The summed E-state index contributed by atoms with van der Waals surface area (Å²) in [6.45, 7) is 5.76. The van der Waals surface area contributed by atoms with E-state index in [4.69, 9.17) is 9.68 Å². The fourth-order valence-corrected chi connectivity index (χ4v) is 1.58. The van der Waals surface area contributed by atoms with Crippen LogP contribution in [0.25, 0.3) is 0 Å². The molecule has 0 aliphatic heterocycles. The van der Waals surface area contributed by atoms with Crippen molar-refractivity contribution in [3.8, 4) is 6.07 Å². The molecule has 1 heterocycles. The van der Waals surface area contributed by atoms with Gasteiger partial charge in [-0.05, 0) is 32.4 Å². The van der Waals surface area contributed by atoms with Gasteiger partial charge in [0.1, 0.15) is 16.9 Å². The molecule has 1 aromatic rings. The van der Waals surface area contributed by atoms with Crippen molar-refractivity contribution in [1.29, 1.82) is 5.26 Å². The molecule has 4 heteroatoms. The molecular formula is C13H18N2O2. The first-order valence-electron chi connectivity index (χ1n) is 5.65. The Kier molecular flexibility index (Phi) is 3.95. The Hall–Kier alpha value is -1.76. The number of hydrogen-bond acceptors (Lipinski definition) is 3. The van der Waals surface area contributed by atoms with Gasteiger partial charge in [0.25, 0.3) is 0 Å². The van der Waals surface area contributed by atoms with Crippen LogP contribution in [0.5, 0.6) is 0 Å². The van der Waals surface area contributed by atoms with E-state index in [1.54, 1.807) is 14.0 Å². The van der Waals surface area contributed by atoms with Crippen molar-refractivity contribution in [1.82, 2.24) is 4.90 Å². The van der Waals surface area contributed by atoms with Crippen LogP contribution >= 0.6 is 0 Å². The molecule has 0 aliphatic carbocycles. The average molecular weight is 234 g/mol. The van der Waals surface area contributed by atoms with E-state index in [2.05, 4.69) is 6.07 Å². The first-order chi connectivity index (χ1) is 7.92. The van der Waals surface area contributed by atoms with E-state index in [9.17, 15) is 4.79 Å². The fourth-order valence-electron chi connectivity index (χ4n) is 1.58. The highest BCUT2D eigenvalue weighted by Gasteiger charge is 2.34. The fraction of sp³-hybridized carbons (Fsp3) is 0.538. The van der Waals surface area contributed by atoms with Gasteiger partial charge < -0.3 is 9.32 Å². The van der Waals surface area contributed by atoms with Crippen LogP contribution in [0.2, 0.25) is 0 Å². The van der Waals surface area contributed by atoms with Crippen LogP contribution in [-0.4, -0.2) is 17.9 Å². The van der Waals surface area contributed by atoms with Gasteiger partial charge in [-0.2, -0.15) is 5.26 Å². The van der Waals surface area contributed by atoms with Crippen molar-refractivity contribution in [3.63, 3.8) is 0 Å². The van der Waals surface area contributed by atoms with Crippen molar-refractivity contribution in [2.45, 2.75) is 33.7 Å². The van der Waals surface area contributed by atoms with Gasteiger partial charge in [-0.3, -0.25) is 4.79 Å². The maximum absolute atomic E-state index is 12.1. The molecule has 1 rings (SSSR count). The van der Waals surface area contributed by atoms with Gasteiger partial charge in [-0.1, -0.05) is 6.92 Å². The van der Waals surface area contributed by atoms with Crippen molar-refractivity contribution in [2.24, 2.45) is 5.41 Å². The van der Waals surface area contributed by atoms with Crippen LogP contribution in [0.15, 0.2) is 16.5 Å². The number of rotatable bonds is 4. The van der Waals surface area contributed by atoms with E-state index in [1.165, 1.54) is 4.90 Å². The monoisotopic (exact) mass is 234 g/mol. The summed E-state index contributed by atoms with van der Waals surface area (Å²) in [5, 5.41) is 9.05. The predicted molar refractivity (Wildman–Crippen MR) is 63.9 cm³/mol. The van der Waals surface area contributed by atoms with Crippen molar-refractivity contribution < 1.29 is 9.21 Å². The second kappa shape index (κ2) is 5.05. The van der Waals surface area contributed by atoms with Crippen LogP contribution in [0, 0.1) is 23.7 Å². The standard InChI is InChI=1S/C13H18N2O2/c1-5-13(3,9-14)12(16)15(4)8-11-7-6-10(2)17-11/h6-7H,5,8H2,1-4H3. The van der Waals surface area contributed by atoms with E-state index in [1.807, 2.05) is 26.0 Å². The summed E-state index contributed by atoms with van der Waals surface area (Å²) in [6.07, 6.45) is 0.504. The van der Waals surface area contributed by atoms with Crippen LogP contribution in [0.3, 0.4) is 0 Å². The molecular weight excluding hydrogens is 216 g/mol. The Morgan fingerprint density at radius 1 is 1.59 bits per heavy atom. The Bertz CT molecular complexity index is 445. The number of carbonyl (C=O) groups excluding carboxylic acids is 1. The summed E-state index contributed by atoms with van der Waals surface area (Å²) >= 11 is 0. The van der Waals surface area contributed by atoms with Gasteiger partial charge in [0.05, 0.1) is 12.6 Å². The molecule has 4 nitrogen and oxygen atoms in total. The van der Waals surface area contributed by atoms with Crippen LogP contribution < -0.4 is 0 Å². The topological polar surface area (TPSA) is 57.2 Å². The lowest BCUT2D eigenvalue weighted by atomic mass is 9.88. The summed E-state index contributed by atoms with van der Waals surface area (Å²) < 4.78 is 5.41. The zero-order valence-electron chi connectivity index (χ0n) is 10.8. The summed E-state index contributed by atoms with van der Waals surface area (Å²) in [5.74, 6) is 1.38. The highest BCUT2D eigenvalue weighted by molar-refractivity contribution is 5.84. The minimum Gasteiger partial charge on any atom is -0.464 e. The third-order valence-corrected chi connectivity index (χ3v) is 2.96. The molecule has 0 fully saturated rings. The van der Waals surface area contributed by atoms with E-state index in [-0.39, 0.29) is 5.91 Å². The molecule has 0 saturated heterocycles. The predicted octanol–water partition coefficient (Wildman–Crippen LogP) is 2.49. The lowest BCUT2D eigenvalue weighted by Gasteiger charge is -2.25. The Morgan fingerprint density at radius 3 is 2.65 bits per heavy atom. The van der Waals surface area contributed by atoms with Crippen molar-refractivity contribution in [2.75, 3.05) is 7.05 Å². The molecule has 0 bridgehead atoms. The summed E-state index contributed by atoms with van der Waals surface area (Å²) in [4.78, 5) is 13.6. The molecule has 1 unspecified atom stereocenters. The number of hydrogen-bond donors (Lipinski definition) is 0. The Balaban J connectivity index is 2.74. The third-order valence-electron chi connectivity index (χ3n) is 2.96. The number of carbonyl (C=O) groups is 1. The molecule has 0 spiro atoms. The SMILES string of the molecule is CCC(C)(C#N)C(=O)N(C)Cc1ccc(C)o1. The van der Waals surface area contributed by atoms with E-state index in [0.717, 1.165) is 11.5 Å². The average Bonchev–Trinajstić information content (AvgIpc) is 2.72. The normalized spacial score (nSPS) is 13.8. The van der Waals surface area contributed by atoms with Gasteiger partial charge in [0, 0.05) is 7.05 Å². The number of nitrogens with zero attached hydrogens (tertiary/aromatic N) is 2. The second-order valence-corrected chi connectivity index (χ2v) is 4.47. The lowest BCUT2D eigenvalue weighted by Crippen LogP contribution is -2.38. The van der Waals surface area contributed by atoms with Crippen LogP contribution in [-0.2, 0) is 11.3 Å². The number of amides is 1. The summed E-state index contributed by atoms with van der Waals surface area (Å²) in [5.41, 5.74) is -0.948. The van der Waals surface area contributed by atoms with Gasteiger partial charge in [0.2, 0.25) is 5.91 Å². The smallest absolute Gasteiger partial charge is 0.242 e. The highest BCUT2D eigenvalue weighted by Crippen LogP contribution is 2.23. The third kappa shape index (κ3) is 2.88. The molecule has 0 radical (unpaired) electrons. The lowest BCUT2D eigenvalue weighted by molar-refractivity contribution is -0.137. The minimum absolute atomic E-state index is 0.170. The van der Waals surface area contributed by atoms with Gasteiger partial charge in [0.15, 0.2) is 0 Å². The summed E-state index contributed by atoms with van der Waals surface area (Å²) in [6, 6.07) is 5.78. The van der Waals surface area contributed by atoms with Crippen LogP contribution in [0.4, 0.5) is 0 Å². The number of furan rings is 1. The van der Waals surface area contributed by atoms with E-state index < -0.39 is 5.41 Å². The molecule has 1 aromatic heterocycles. The zero-order chi connectivity index (χ0) is 13.1. The molecule has 1 atom stereocenters. The Morgan fingerprint density at radius 2 is 2.24 bits per heavy atom. The van der Waals surface area contributed by atoms with E-state index in [0.29, 0.717) is 13.0 Å². The number of aryl methyl sites for hydroxylation is 1. The first-order valence-corrected chi connectivity index (χ1v) is 5.65. The minimum atomic E-state index is -0.948. The Labute approximate surface area is 102 Å². The molecule has 1 amide bonds. The van der Waals surface area contributed by atoms with Crippen molar-refractivity contribution in [3.05, 3.63) is 23.7 Å². The molecule has 0 saturated carbocycles. The van der Waals surface area contributed by atoms with Gasteiger partial charge >= 0.3 is 0 Å².